The highest BCUT2D eigenvalue weighted by Gasteiger charge is 2.21. The topological polar surface area (TPSA) is 55.2 Å². The fraction of sp³-hybridized carbons (Fsp3) is 0.111. The van der Waals surface area contributed by atoms with Crippen LogP contribution in [0.2, 0.25) is 5.15 Å². The predicted molar refractivity (Wildman–Crippen MR) is 88.3 cm³/mol. The zero-order chi connectivity index (χ0) is 16.1. The van der Waals surface area contributed by atoms with Gasteiger partial charge in [-0.05, 0) is 11.1 Å². The molecule has 0 unspecified atom stereocenters. The number of rotatable bonds is 5. The van der Waals surface area contributed by atoms with Crippen molar-refractivity contribution in [3.05, 3.63) is 88.8 Å². The number of hydrogen-bond donors (Lipinski definition) is 1. The molecular weight excluding hydrogens is 312 g/mol. The van der Waals surface area contributed by atoms with Crippen LogP contribution in [0.1, 0.15) is 22.8 Å². The summed E-state index contributed by atoms with van der Waals surface area (Å²) in [5.41, 5.74) is 2.08. The van der Waals surface area contributed by atoms with Crippen molar-refractivity contribution in [2.45, 2.75) is 12.7 Å². The highest BCUT2D eigenvalue weighted by molar-refractivity contribution is 6.30. The summed E-state index contributed by atoms with van der Waals surface area (Å²) in [5.74, 6) is 0.283. The van der Waals surface area contributed by atoms with Crippen molar-refractivity contribution in [1.82, 2.24) is 9.97 Å². The van der Waals surface area contributed by atoms with Crippen LogP contribution in [0.5, 0.6) is 5.88 Å². The average Bonchev–Trinajstić information content (AvgIpc) is 2.61. The Morgan fingerprint density at radius 1 is 0.957 bits per heavy atom. The molecule has 2 aromatic carbocycles. The van der Waals surface area contributed by atoms with Gasteiger partial charge in [-0.2, -0.15) is 0 Å². The normalized spacial score (nSPS) is 11.9. The van der Waals surface area contributed by atoms with Gasteiger partial charge in [-0.3, -0.25) is 0 Å². The molecule has 1 heterocycles. The van der Waals surface area contributed by atoms with E-state index >= 15 is 0 Å². The lowest BCUT2D eigenvalue weighted by atomic mass is 10.0. The zero-order valence-electron chi connectivity index (χ0n) is 12.3. The lowest BCUT2D eigenvalue weighted by molar-refractivity contribution is 0.206. The predicted octanol–water partition coefficient (Wildman–Crippen LogP) is 3.79. The monoisotopic (exact) mass is 326 g/mol. The molecular formula is C18H15ClN2O2. The van der Waals surface area contributed by atoms with Crippen molar-refractivity contribution in [2.24, 2.45) is 0 Å². The zero-order valence-corrected chi connectivity index (χ0v) is 13.0. The summed E-state index contributed by atoms with van der Waals surface area (Å²) in [6.07, 6.45) is 0.375. The molecule has 1 atom stereocenters. The number of aliphatic hydroxyl groups excluding tert-OH is 1. The lowest BCUT2D eigenvalue weighted by Gasteiger charge is -2.16. The number of hydrogen-bond acceptors (Lipinski definition) is 4. The SMILES string of the molecule is O[C@@H](c1ccccc1)c1c(Cl)ncnc1OCc1ccccc1. The van der Waals surface area contributed by atoms with E-state index in [0.717, 1.165) is 5.56 Å². The highest BCUT2D eigenvalue weighted by Crippen LogP contribution is 2.33. The van der Waals surface area contributed by atoms with E-state index in [1.54, 1.807) is 0 Å². The van der Waals surface area contributed by atoms with Gasteiger partial charge in [-0.15, -0.1) is 0 Å². The maximum absolute atomic E-state index is 10.6. The van der Waals surface area contributed by atoms with E-state index in [4.69, 9.17) is 16.3 Å². The molecule has 0 bridgehead atoms. The van der Waals surface area contributed by atoms with Gasteiger partial charge in [0.2, 0.25) is 5.88 Å². The van der Waals surface area contributed by atoms with Gasteiger partial charge in [0.1, 0.15) is 24.2 Å². The standard InChI is InChI=1S/C18H15ClN2O2/c19-17-15(16(22)14-9-5-2-6-10-14)18(21-12-20-17)23-11-13-7-3-1-4-8-13/h1-10,12,16,22H,11H2/t16-/m0/s1. The molecule has 1 aromatic heterocycles. The molecule has 0 amide bonds. The molecule has 0 radical (unpaired) electrons. The highest BCUT2D eigenvalue weighted by atomic mass is 35.5. The Kier molecular flexibility index (Phi) is 4.86. The van der Waals surface area contributed by atoms with Crippen LogP contribution in [0.4, 0.5) is 0 Å². The van der Waals surface area contributed by atoms with Crippen molar-refractivity contribution in [2.75, 3.05) is 0 Å². The Bertz CT molecular complexity index is 766. The fourth-order valence-electron chi connectivity index (χ4n) is 2.23. The fourth-order valence-corrected chi connectivity index (χ4v) is 2.46. The van der Waals surface area contributed by atoms with E-state index in [1.165, 1.54) is 6.33 Å². The minimum absolute atomic E-state index is 0.180. The minimum Gasteiger partial charge on any atom is -0.472 e. The first-order chi connectivity index (χ1) is 11.3. The van der Waals surface area contributed by atoms with Crippen molar-refractivity contribution < 1.29 is 9.84 Å². The van der Waals surface area contributed by atoms with Crippen LogP contribution in [0, 0.1) is 0 Å². The molecule has 0 aliphatic heterocycles. The molecule has 5 heteroatoms. The summed E-state index contributed by atoms with van der Waals surface area (Å²) >= 11 is 6.16. The Morgan fingerprint density at radius 3 is 2.30 bits per heavy atom. The largest absolute Gasteiger partial charge is 0.472 e. The smallest absolute Gasteiger partial charge is 0.224 e. The van der Waals surface area contributed by atoms with Crippen LogP contribution < -0.4 is 4.74 Å². The first-order valence-corrected chi connectivity index (χ1v) is 7.53. The molecule has 0 saturated carbocycles. The van der Waals surface area contributed by atoms with Crippen LogP contribution in [0.3, 0.4) is 0 Å². The van der Waals surface area contributed by atoms with Gasteiger partial charge in [-0.25, -0.2) is 9.97 Å². The third-order valence-corrected chi connectivity index (χ3v) is 3.71. The molecule has 4 nitrogen and oxygen atoms in total. The Balaban J connectivity index is 1.88. The van der Waals surface area contributed by atoms with Gasteiger partial charge in [0.05, 0.1) is 5.56 Å². The molecule has 23 heavy (non-hydrogen) atoms. The molecule has 0 aliphatic carbocycles. The maximum Gasteiger partial charge on any atom is 0.224 e. The quantitative estimate of drug-likeness (QED) is 0.725. The summed E-state index contributed by atoms with van der Waals surface area (Å²) in [6, 6.07) is 18.9. The summed E-state index contributed by atoms with van der Waals surface area (Å²) in [7, 11) is 0. The molecule has 0 saturated heterocycles. The van der Waals surface area contributed by atoms with E-state index in [9.17, 15) is 5.11 Å². The number of aromatic nitrogens is 2. The van der Waals surface area contributed by atoms with Crippen molar-refractivity contribution >= 4 is 11.6 Å². The van der Waals surface area contributed by atoms with Crippen LogP contribution in [-0.2, 0) is 6.61 Å². The van der Waals surface area contributed by atoms with Crippen LogP contribution in [-0.4, -0.2) is 15.1 Å². The van der Waals surface area contributed by atoms with E-state index in [0.29, 0.717) is 17.7 Å². The second kappa shape index (κ2) is 7.22. The molecule has 0 spiro atoms. The van der Waals surface area contributed by atoms with Gasteiger partial charge in [0.15, 0.2) is 0 Å². The molecule has 116 valence electrons. The molecule has 1 N–H and O–H groups in total. The summed E-state index contributed by atoms with van der Waals surface area (Å²) in [5, 5.41) is 10.8. The van der Waals surface area contributed by atoms with Crippen LogP contribution in [0.25, 0.3) is 0 Å². The Morgan fingerprint density at radius 2 is 1.61 bits per heavy atom. The molecule has 3 aromatic rings. The average molecular weight is 327 g/mol. The summed E-state index contributed by atoms with van der Waals surface area (Å²) in [6.45, 7) is 0.336. The molecule has 0 fully saturated rings. The second-order valence-electron chi connectivity index (χ2n) is 4.97. The lowest BCUT2D eigenvalue weighted by Crippen LogP contribution is -2.08. The van der Waals surface area contributed by atoms with E-state index in [2.05, 4.69) is 9.97 Å². The number of aliphatic hydroxyl groups is 1. The number of ether oxygens (including phenoxy) is 1. The van der Waals surface area contributed by atoms with Gasteiger partial charge >= 0.3 is 0 Å². The molecule has 0 aliphatic rings. The minimum atomic E-state index is -0.948. The van der Waals surface area contributed by atoms with Crippen molar-refractivity contribution in [3.63, 3.8) is 0 Å². The van der Waals surface area contributed by atoms with E-state index in [-0.39, 0.29) is 11.0 Å². The first kappa shape index (κ1) is 15.5. The van der Waals surface area contributed by atoms with Gasteiger partial charge in [0, 0.05) is 0 Å². The summed E-state index contributed by atoms with van der Waals surface area (Å²) in [4.78, 5) is 8.08. The number of nitrogens with zero attached hydrogens (tertiary/aromatic N) is 2. The first-order valence-electron chi connectivity index (χ1n) is 7.16. The number of halogens is 1. The number of benzene rings is 2. The van der Waals surface area contributed by atoms with Gasteiger partial charge < -0.3 is 9.84 Å². The van der Waals surface area contributed by atoms with Gasteiger partial charge in [-0.1, -0.05) is 72.3 Å². The maximum atomic E-state index is 10.6. The van der Waals surface area contributed by atoms with Crippen molar-refractivity contribution in [3.8, 4) is 5.88 Å². The Hall–Kier alpha value is -2.43. The van der Waals surface area contributed by atoms with Crippen LogP contribution >= 0.6 is 11.6 Å². The van der Waals surface area contributed by atoms with Crippen molar-refractivity contribution in [1.29, 1.82) is 0 Å². The summed E-state index contributed by atoms with van der Waals surface area (Å²) < 4.78 is 5.75. The third kappa shape index (κ3) is 3.67. The third-order valence-electron chi connectivity index (χ3n) is 3.41. The van der Waals surface area contributed by atoms with Crippen LogP contribution in [0.15, 0.2) is 67.0 Å². The van der Waals surface area contributed by atoms with Gasteiger partial charge in [0.25, 0.3) is 0 Å². The second-order valence-corrected chi connectivity index (χ2v) is 5.33. The Labute approximate surface area is 139 Å². The molecule has 3 rings (SSSR count). The van der Waals surface area contributed by atoms with E-state index in [1.807, 2.05) is 60.7 Å². The van der Waals surface area contributed by atoms with E-state index < -0.39 is 6.10 Å².